The third-order valence-corrected chi connectivity index (χ3v) is 5.31. The summed E-state index contributed by atoms with van der Waals surface area (Å²) in [6.45, 7) is 3.82. The summed E-state index contributed by atoms with van der Waals surface area (Å²) in [6, 6.07) is 5.45. The number of hydrogen-bond acceptors (Lipinski definition) is 5. The second kappa shape index (κ2) is 8.34. The molecule has 1 heterocycles. The molecule has 1 aromatic heterocycles. The predicted octanol–water partition coefficient (Wildman–Crippen LogP) is 4.92. The Hall–Kier alpha value is -1.08. The molecule has 0 aliphatic rings. The molecule has 24 heavy (non-hydrogen) atoms. The van der Waals surface area contributed by atoms with Crippen molar-refractivity contribution in [2.75, 3.05) is 14.1 Å². The number of thiocarbonyl (C=S) groups is 1. The average Bonchev–Trinajstić information content (AvgIpc) is 2.51. The fraction of sp³-hybridized carbons (Fsp3) is 0.312. The number of aromatic nitrogens is 2. The van der Waals surface area contributed by atoms with Crippen molar-refractivity contribution in [3.05, 3.63) is 45.1 Å². The summed E-state index contributed by atoms with van der Waals surface area (Å²) in [4.78, 5) is 10.7. The molecule has 2 rings (SSSR count). The van der Waals surface area contributed by atoms with E-state index in [9.17, 15) is 0 Å². The van der Waals surface area contributed by atoms with Crippen LogP contribution in [0.4, 0.5) is 0 Å². The van der Waals surface area contributed by atoms with Gasteiger partial charge in [0.2, 0.25) is 5.88 Å². The Morgan fingerprint density at radius 2 is 1.83 bits per heavy atom. The second-order valence-electron chi connectivity index (χ2n) is 5.27. The van der Waals surface area contributed by atoms with Gasteiger partial charge in [-0.05, 0) is 43.8 Å². The fourth-order valence-electron chi connectivity index (χ4n) is 1.72. The number of nitrogens with zero attached hydrogens (tertiary/aromatic N) is 3. The van der Waals surface area contributed by atoms with E-state index in [0.29, 0.717) is 32.0 Å². The Labute approximate surface area is 161 Å². The maximum atomic E-state index is 6.20. The van der Waals surface area contributed by atoms with Crippen LogP contribution in [0.2, 0.25) is 10.0 Å². The third kappa shape index (κ3) is 4.72. The minimum Gasteiger partial charge on any atom is -0.412 e. The molecule has 0 amide bonds. The van der Waals surface area contributed by atoms with E-state index in [4.69, 9.17) is 40.2 Å². The number of benzene rings is 1. The highest BCUT2D eigenvalue weighted by Gasteiger charge is 2.14. The summed E-state index contributed by atoms with van der Waals surface area (Å²) in [6.07, 6.45) is 0. The van der Waals surface area contributed by atoms with Crippen molar-refractivity contribution in [3.63, 3.8) is 0 Å². The van der Waals surface area contributed by atoms with E-state index in [-0.39, 0.29) is 0 Å². The van der Waals surface area contributed by atoms with Crippen molar-refractivity contribution in [2.24, 2.45) is 0 Å². The zero-order valence-corrected chi connectivity index (χ0v) is 16.9. The number of ether oxygens (including phenoxy) is 1. The Bertz CT molecular complexity index is 749. The van der Waals surface area contributed by atoms with Gasteiger partial charge in [-0.3, -0.25) is 0 Å². The van der Waals surface area contributed by atoms with Crippen molar-refractivity contribution in [2.45, 2.75) is 24.8 Å². The van der Waals surface area contributed by atoms with E-state index in [1.807, 2.05) is 46.1 Å². The van der Waals surface area contributed by atoms with E-state index in [2.05, 4.69) is 9.97 Å². The summed E-state index contributed by atoms with van der Waals surface area (Å²) in [7, 11) is 3.64. The van der Waals surface area contributed by atoms with Crippen LogP contribution in [0.25, 0.3) is 0 Å². The molecule has 0 unspecified atom stereocenters. The Morgan fingerprint density at radius 3 is 2.42 bits per heavy atom. The highest BCUT2D eigenvalue weighted by molar-refractivity contribution is 7.98. The number of aryl methyl sites for hydroxylation is 1. The van der Waals surface area contributed by atoms with Crippen LogP contribution in [0.1, 0.15) is 16.8 Å². The highest BCUT2D eigenvalue weighted by atomic mass is 35.5. The Balaban J connectivity index is 2.22. The molecule has 0 bridgehead atoms. The topological polar surface area (TPSA) is 38.3 Å². The molecular weight excluding hydrogens is 385 g/mol. The van der Waals surface area contributed by atoms with Crippen LogP contribution in [-0.2, 0) is 5.75 Å². The first-order valence-corrected chi connectivity index (χ1v) is 9.24. The van der Waals surface area contributed by atoms with Gasteiger partial charge in [0.1, 0.15) is 0 Å². The fourth-order valence-corrected chi connectivity index (χ4v) is 3.42. The zero-order chi connectivity index (χ0) is 17.9. The van der Waals surface area contributed by atoms with Gasteiger partial charge in [-0.2, -0.15) is 4.98 Å². The van der Waals surface area contributed by atoms with Gasteiger partial charge in [0, 0.05) is 41.2 Å². The van der Waals surface area contributed by atoms with Crippen molar-refractivity contribution in [3.8, 4) is 5.88 Å². The standard InChI is InChI=1S/C16H17Cl2N3OS2/c1-9-10(2)19-15(20-14(9)22-16(23)21(3)4)24-8-11-12(17)6-5-7-13(11)18/h5-7H,8H2,1-4H3. The summed E-state index contributed by atoms with van der Waals surface area (Å²) >= 11 is 19.0. The van der Waals surface area contributed by atoms with Crippen molar-refractivity contribution < 1.29 is 4.74 Å². The van der Waals surface area contributed by atoms with Gasteiger partial charge in [-0.1, -0.05) is 41.0 Å². The van der Waals surface area contributed by atoms with Crippen LogP contribution < -0.4 is 4.74 Å². The van der Waals surface area contributed by atoms with Crippen LogP contribution >= 0.6 is 47.2 Å². The molecule has 0 N–H and O–H groups in total. The van der Waals surface area contributed by atoms with Crippen molar-refractivity contribution in [1.82, 2.24) is 14.9 Å². The largest absolute Gasteiger partial charge is 0.412 e. The molecule has 0 atom stereocenters. The first kappa shape index (κ1) is 19.2. The molecule has 0 spiro atoms. The van der Waals surface area contributed by atoms with Gasteiger partial charge in [-0.15, -0.1) is 0 Å². The predicted molar refractivity (Wildman–Crippen MR) is 104 cm³/mol. The van der Waals surface area contributed by atoms with Gasteiger partial charge < -0.3 is 9.64 Å². The monoisotopic (exact) mass is 401 g/mol. The van der Waals surface area contributed by atoms with Gasteiger partial charge in [0.15, 0.2) is 5.16 Å². The molecule has 0 saturated carbocycles. The van der Waals surface area contributed by atoms with E-state index < -0.39 is 0 Å². The number of hydrogen-bond donors (Lipinski definition) is 0. The first-order valence-electron chi connectivity index (χ1n) is 7.09. The Morgan fingerprint density at radius 1 is 1.21 bits per heavy atom. The third-order valence-electron chi connectivity index (χ3n) is 3.28. The second-order valence-corrected chi connectivity index (χ2v) is 7.38. The lowest BCUT2D eigenvalue weighted by atomic mass is 10.2. The zero-order valence-electron chi connectivity index (χ0n) is 13.8. The molecule has 0 aliphatic carbocycles. The SMILES string of the molecule is Cc1nc(SCc2c(Cl)cccc2Cl)nc(OC(=S)N(C)C)c1C. The van der Waals surface area contributed by atoms with Crippen LogP contribution in [0, 0.1) is 13.8 Å². The molecule has 0 saturated heterocycles. The molecule has 0 radical (unpaired) electrons. The summed E-state index contributed by atoms with van der Waals surface area (Å²) < 4.78 is 5.67. The molecule has 8 heteroatoms. The minimum atomic E-state index is 0.348. The molecule has 0 aliphatic heterocycles. The molecule has 0 fully saturated rings. The van der Waals surface area contributed by atoms with Gasteiger partial charge in [-0.25, -0.2) is 4.98 Å². The smallest absolute Gasteiger partial charge is 0.265 e. The number of halogens is 2. The normalized spacial score (nSPS) is 10.6. The molecule has 128 valence electrons. The van der Waals surface area contributed by atoms with E-state index in [0.717, 1.165) is 16.8 Å². The molecule has 2 aromatic rings. The molecular formula is C16H17Cl2N3OS2. The van der Waals surface area contributed by atoms with E-state index in [1.165, 1.54) is 11.8 Å². The van der Waals surface area contributed by atoms with Crippen LogP contribution in [0.5, 0.6) is 5.88 Å². The van der Waals surface area contributed by atoms with Gasteiger partial charge in [0.05, 0.1) is 0 Å². The number of thioether (sulfide) groups is 1. The lowest BCUT2D eigenvalue weighted by Gasteiger charge is -2.16. The maximum absolute atomic E-state index is 6.20. The summed E-state index contributed by atoms with van der Waals surface area (Å²) in [5.41, 5.74) is 2.56. The summed E-state index contributed by atoms with van der Waals surface area (Å²) in [5, 5.41) is 2.19. The van der Waals surface area contributed by atoms with Crippen LogP contribution in [0.15, 0.2) is 23.4 Å². The Kier molecular flexibility index (Phi) is 6.69. The van der Waals surface area contributed by atoms with Crippen molar-refractivity contribution in [1.29, 1.82) is 0 Å². The lowest BCUT2D eigenvalue weighted by Crippen LogP contribution is -2.26. The lowest BCUT2D eigenvalue weighted by molar-refractivity contribution is 0.429. The van der Waals surface area contributed by atoms with Crippen LogP contribution in [0.3, 0.4) is 0 Å². The molecule has 1 aromatic carbocycles. The molecule has 4 nitrogen and oxygen atoms in total. The van der Waals surface area contributed by atoms with Crippen LogP contribution in [-0.4, -0.2) is 34.1 Å². The quantitative estimate of drug-likeness (QED) is 0.411. The average molecular weight is 402 g/mol. The number of rotatable bonds is 4. The minimum absolute atomic E-state index is 0.348. The van der Waals surface area contributed by atoms with Crippen molar-refractivity contribution >= 4 is 52.4 Å². The van der Waals surface area contributed by atoms with Gasteiger partial charge >= 0.3 is 0 Å². The van der Waals surface area contributed by atoms with E-state index >= 15 is 0 Å². The van der Waals surface area contributed by atoms with E-state index in [1.54, 1.807) is 4.90 Å². The van der Waals surface area contributed by atoms with Gasteiger partial charge in [0.25, 0.3) is 5.17 Å². The first-order chi connectivity index (χ1) is 11.3. The summed E-state index contributed by atoms with van der Waals surface area (Å²) in [5.74, 6) is 1.03. The highest BCUT2D eigenvalue weighted by Crippen LogP contribution is 2.31. The maximum Gasteiger partial charge on any atom is 0.265 e.